The summed E-state index contributed by atoms with van der Waals surface area (Å²) < 4.78 is 2.76. The third-order valence-electron chi connectivity index (χ3n) is 2.46. The van der Waals surface area contributed by atoms with Gasteiger partial charge in [-0.1, -0.05) is 13.8 Å². The first-order valence-corrected chi connectivity index (χ1v) is 8.66. The van der Waals surface area contributed by atoms with Crippen LogP contribution in [-0.2, 0) is 4.79 Å². The van der Waals surface area contributed by atoms with Gasteiger partial charge in [-0.2, -0.15) is 0 Å². The van der Waals surface area contributed by atoms with E-state index in [-0.39, 0.29) is 11.8 Å². The molecule has 0 aliphatic heterocycles. The molecule has 104 valence electrons. The summed E-state index contributed by atoms with van der Waals surface area (Å²) in [5, 5.41) is 11.7. The van der Waals surface area contributed by atoms with Crippen LogP contribution in [0, 0.1) is 16.6 Å². The largest absolute Gasteiger partial charge is 0.480 e. The van der Waals surface area contributed by atoms with Crippen LogP contribution in [0.5, 0.6) is 0 Å². The van der Waals surface area contributed by atoms with Gasteiger partial charge in [-0.25, -0.2) is 4.79 Å². The fourth-order valence-corrected chi connectivity index (χ4v) is 3.85. The highest BCUT2D eigenvalue weighted by Crippen LogP contribution is 2.23. The molecule has 19 heavy (non-hydrogen) atoms. The lowest BCUT2D eigenvalue weighted by Crippen LogP contribution is -2.44. The molecule has 1 aromatic rings. The molecule has 0 saturated heterocycles. The Balaban J connectivity index is 3.04. The standard InChI is InChI=1S/C12H12I3NO3/c1-5(2)10(12(18)19)16-11(17)7-3-6(13)4-8(14)9(7)15/h3-5,10H,1-2H3,(H,16,17)(H,18,19)/t10-/m1/s1. The minimum absolute atomic E-state index is 0.166. The summed E-state index contributed by atoms with van der Waals surface area (Å²) in [5.41, 5.74) is 0.517. The molecule has 0 aliphatic rings. The fourth-order valence-electron chi connectivity index (χ4n) is 1.45. The Morgan fingerprint density at radius 1 is 1.21 bits per heavy atom. The maximum atomic E-state index is 12.2. The Morgan fingerprint density at radius 2 is 1.79 bits per heavy atom. The van der Waals surface area contributed by atoms with Gasteiger partial charge in [0.25, 0.3) is 5.91 Å². The van der Waals surface area contributed by atoms with E-state index in [9.17, 15) is 9.59 Å². The number of carbonyl (C=O) groups is 2. The Bertz CT molecular complexity index is 517. The minimum atomic E-state index is -1.02. The molecule has 0 saturated carbocycles. The highest BCUT2D eigenvalue weighted by molar-refractivity contribution is 14.1. The summed E-state index contributed by atoms with van der Waals surface area (Å²) in [6.07, 6.45) is 0. The first kappa shape index (κ1) is 17.4. The second-order valence-corrected chi connectivity index (χ2v) is 7.77. The van der Waals surface area contributed by atoms with Crippen molar-refractivity contribution in [1.82, 2.24) is 5.32 Å². The van der Waals surface area contributed by atoms with Crippen LogP contribution in [0.3, 0.4) is 0 Å². The highest BCUT2D eigenvalue weighted by Gasteiger charge is 2.25. The molecule has 0 unspecified atom stereocenters. The van der Waals surface area contributed by atoms with Crippen molar-refractivity contribution < 1.29 is 14.7 Å². The Labute approximate surface area is 152 Å². The Morgan fingerprint density at radius 3 is 2.26 bits per heavy atom. The van der Waals surface area contributed by atoms with Crippen molar-refractivity contribution in [3.8, 4) is 0 Å². The molecule has 0 bridgehead atoms. The van der Waals surface area contributed by atoms with Gasteiger partial charge in [0.05, 0.1) is 5.56 Å². The van der Waals surface area contributed by atoms with E-state index in [0.29, 0.717) is 5.56 Å². The molecule has 1 atom stereocenters. The molecule has 0 spiro atoms. The van der Waals surface area contributed by atoms with Gasteiger partial charge in [-0.3, -0.25) is 4.79 Å². The molecule has 7 heteroatoms. The van der Waals surface area contributed by atoms with Crippen LogP contribution in [0.15, 0.2) is 12.1 Å². The van der Waals surface area contributed by atoms with Crippen LogP contribution >= 0.6 is 67.8 Å². The van der Waals surface area contributed by atoms with E-state index in [1.54, 1.807) is 19.9 Å². The van der Waals surface area contributed by atoms with E-state index in [4.69, 9.17) is 5.11 Å². The van der Waals surface area contributed by atoms with Crippen molar-refractivity contribution >= 4 is 79.6 Å². The second-order valence-electron chi connectivity index (χ2n) is 4.28. The van der Waals surface area contributed by atoms with E-state index >= 15 is 0 Å². The molecule has 0 heterocycles. The normalized spacial score (nSPS) is 12.3. The monoisotopic (exact) mass is 599 g/mol. The number of halogens is 3. The predicted octanol–water partition coefficient (Wildman–Crippen LogP) is 3.34. The zero-order valence-corrected chi connectivity index (χ0v) is 16.7. The summed E-state index contributed by atoms with van der Waals surface area (Å²) in [6.45, 7) is 3.53. The molecule has 0 aliphatic carbocycles. The van der Waals surface area contributed by atoms with E-state index in [1.807, 2.05) is 6.07 Å². The fraction of sp³-hybridized carbons (Fsp3) is 0.333. The highest BCUT2D eigenvalue weighted by atomic mass is 127. The van der Waals surface area contributed by atoms with Gasteiger partial charge in [-0.15, -0.1) is 0 Å². The van der Waals surface area contributed by atoms with Crippen molar-refractivity contribution in [2.75, 3.05) is 0 Å². The van der Waals surface area contributed by atoms with E-state index in [1.165, 1.54) is 0 Å². The summed E-state index contributed by atoms with van der Waals surface area (Å²) in [5.74, 6) is -1.53. The SMILES string of the molecule is CC(C)[C@@H](NC(=O)c1cc(I)cc(I)c1I)C(=O)O. The average Bonchev–Trinajstić information content (AvgIpc) is 2.29. The molecule has 1 amide bonds. The number of aliphatic carboxylic acids is 1. The maximum absolute atomic E-state index is 12.2. The van der Waals surface area contributed by atoms with Gasteiger partial charge >= 0.3 is 5.97 Å². The van der Waals surface area contributed by atoms with Crippen LogP contribution in [0.25, 0.3) is 0 Å². The van der Waals surface area contributed by atoms with Crippen molar-refractivity contribution in [2.24, 2.45) is 5.92 Å². The molecular formula is C12H12I3NO3. The van der Waals surface area contributed by atoms with E-state index in [2.05, 4.69) is 73.1 Å². The van der Waals surface area contributed by atoms with E-state index in [0.717, 1.165) is 10.7 Å². The first-order chi connectivity index (χ1) is 8.73. The minimum Gasteiger partial charge on any atom is -0.480 e. The number of rotatable bonds is 4. The molecular weight excluding hydrogens is 587 g/mol. The maximum Gasteiger partial charge on any atom is 0.326 e. The van der Waals surface area contributed by atoms with Crippen molar-refractivity contribution in [3.05, 3.63) is 28.4 Å². The summed E-state index contributed by atoms with van der Waals surface area (Å²) in [7, 11) is 0. The summed E-state index contributed by atoms with van der Waals surface area (Å²) >= 11 is 6.40. The lowest BCUT2D eigenvalue weighted by Gasteiger charge is -2.18. The van der Waals surface area contributed by atoms with Crippen LogP contribution in [0.1, 0.15) is 24.2 Å². The van der Waals surface area contributed by atoms with Crippen LogP contribution in [0.2, 0.25) is 0 Å². The van der Waals surface area contributed by atoms with Crippen molar-refractivity contribution in [3.63, 3.8) is 0 Å². The topological polar surface area (TPSA) is 66.4 Å². The van der Waals surface area contributed by atoms with Gasteiger partial charge in [0, 0.05) is 10.7 Å². The quantitative estimate of drug-likeness (QED) is 0.413. The molecule has 0 radical (unpaired) electrons. The van der Waals surface area contributed by atoms with Gasteiger partial charge in [-0.05, 0) is 85.8 Å². The predicted molar refractivity (Wildman–Crippen MR) is 98.3 cm³/mol. The molecule has 0 aromatic heterocycles. The summed E-state index contributed by atoms with van der Waals surface area (Å²) in [4.78, 5) is 23.3. The Hall–Kier alpha value is 0.350. The summed E-state index contributed by atoms with van der Waals surface area (Å²) in [6, 6.07) is 2.86. The van der Waals surface area contributed by atoms with Crippen molar-refractivity contribution in [1.29, 1.82) is 0 Å². The lowest BCUT2D eigenvalue weighted by atomic mass is 10.0. The zero-order chi connectivity index (χ0) is 14.7. The van der Waals surface area contributed by atoms with Gasteiger partial charge < -0.3 is 10.4 Å². The number of carbonyl (C=O) groups excluding carboxylic acids is 1. The third-order valence-corrected chi connectivity index (χ3v) is 6.12. The number of hydrogen-bond donors (Lipinski definition) is 2. The van der Waals surface area contributed by atoms with Gasteiger partial charge in [0.1, 0.15) is 6.04 Å². The molecule has 1 rings (SSSR count). The van der Waals surface area contributed by atoms with Crippen LogP contribution < -0.4 is 5.32 Å². The smallest absolute Gasteiger partial charge is 0.326 e. The van der Waals surface area contributed by atoms with Crippen LogP contribution in [-0.4, -0.2) is 23.0 Å². The van der Waals surface area contributed by atoms with Gasteiger partial charge in [0.2, 0.25) is 0 Å². The number of carboxylic acid groups (broad SMARTS) is 1. The molecule has 0 fully saturated rings. The number of hydrogen-bond acceptors (Lipinski definition) is 2. The van der Waals surface area contributed by atoms with Gasteiger partial charge in [0.15, 0.2) is 0 Å². The molecule has 4 nitrogen and oxygen atoms in total. The third kappa shape index (κ3) is 4.69. The average molecular weight is 599 g/mol. The number of nitrogens with one attached hydrogen (secondary N) is 1. The van der Waals surface area contributed by atoms with E-state index < -0.39 is 12.0 Å². The second kappa shape index (κ2) is 7.38. The van der Waals surface area contributed by atoms with Crippen molar-refractivity contribution in [2.45, 2.75) is 19.9 Å². The molecule has 2 N–H and O–H groups in total. The van der Waals surface area contributed by atoms with Crippen LogP contribution in [0.4, 0.5) is 0 Å². The molecule has 1 aromatic carbocycles. The Kier molecular flexibility index (Phi) is 6.76. The zero-order valence-electron chi connectivity index (χ0n) is 10.2. The number of benzene rings is 1. The number of carboxylic acids is 1. The number of amides is 1. The lowest BCUT2D eigenvalue weighted by molar-refractivity contribution is -0.140. The first-order valence-electron chi connectivity index (χ1n) is 5.42.